The van der Waals surface area contributed by atoms with Gasteiger partial charge in [-0.1, -0.05) is 48.5 Å². The third-order valence-corrected chi connectivity index (χ3v) is 4.10. The second-order valence-corrected chi connectivity index (χ2v) is 6.14. The first kappa shape index (κ1) is 17.5. The van der Waals surface area contributed by atoms with Gasteiger partial charge in [0.15, 0.2) is 0 Å². The van der Waals surface area contributed by atoms with Gasteiger partial charge in [-0.05, 0) is 30.6 Å². The number of Topliss-reactive ketones (excluding diaryl/α,β-unsaturated/α-hetero) is 1. The molecule has 0 aliphatic rings. The van der Waals surface area contributed by atoms with Crippen molar-refractivity contribution in [2.45, 2.75) is 18.2 Å². The minimum Gasteiger partial charge on any atom is -0.449 e. The van der Waals surface area contributed by atoms with E-state index in [4.69, 9.17) is 10.5 Å². The summed E-state index contributed by atoms with van der Waals surface area (Å²) >= 11 is 1.58. The highest BCUT2D eigenvalue weighted by Gasteiger charge is 2.45. The zero-order valence-electron chi connectivity index (χ0n) is 13.0. The standard InChI is InChI=1S/C18H20NO3S/c1-23-13-12-16(19)17(20)18(21,14-8-4-2-5-9-14)22-15-10-6-3-7-11-15/h2-11,16H,12-13,19H2,1H3/t16-,18?/m0/s1. The van der Waals surface area contributed by atoms with E-state index in [-0.39, 0.29) is 5.56 Å². The fraction of sp³-hybridized carbons (Fsp3) is 0.278. The van der Waals surface area contributed by atoms with Crippen molar-refractivity contribution in [3.8, 4) is 5.75 Å². The van der Waals surface area contributed by atoms with Crippen LogP contribution in [-0.2, 0) is 15.7 Å². The number of para-hydroxylation sites is 1. The van der Waals surface area contributed by atoms with E-state index in [2.05, 4.69) is 0 Å². The van der Waals surface area contributed by atoms with Crippen molar-refractivity contribution in [3.05, 3.63) is 66.2 Å². The summed E-state index contributed by atoms with van der Waals surface area (Å²) in [5, 5.41) is 13.3. The van der Waals surface area contributed by atoms with Gasteiger partial charge < -0.3 is 10.5 Å². The van der Waals surface area contributed by atoms with Crippen molar-refractivity contribution in [3.63, 3.8) is 0 Å². The monoisotopic (exact) mass is 330 g/mol. The molecule has 0 fully saturated rings. The Bertz CT molecular complexity index is 621. The van der Waals surface area contributed by atoms with Crippen molar-refractivity contribution in [1.82, 2.24) is 0 Å². The summed E-state index contributed by atoms with van der Waals surface area (Å²) in [7, 11) is 0. The second kappa shape index (κ2) is 8.15. The number of carbonyl (C=O) groups excluding carboxylic acids is 1. The van der Waals surface area contributed by atoms with Crippen LogP contribution in [0.2, 0.25) is 0 Å². The molecule has 2 N–H and O–H groups in total. The summed E-state index contributed by atoms with van der Waals surface area (Å²) in [4.78, 5) is 12.7. The average Bonchev–Trinajstić information content (AvgIpc) is 2.60. The molecule has 0 saturated carbocycles. The lowest BCUT2D eigenvalue weighted by Gasteiger charge is -2.28. The van der Waals surface area contributed by atoms with Crippen LogP contribution in [-0.4, -0.2) is 23.8 Å². The van der Waals surface area contributed by atoms with E-state index in [1.54, 1.807) is 66.4 Å². The molecule has 2 atom stereocenters. The largest absolute Gasteiger partial charge is 0.449 e. The fourth-order valence-corrected chi connectivity index (χ4v) is 2.67. The molecule has 2 aromatic rings. The predicted molar refractivity (Wildman–Crippen MR) is 91.9 cm³/mol. The number of hydrogen-bond acceptors (Lipinski definition) is 4. The molecule has 2 rings (SSSR count). The number of hydrogen-bond donors (Lipinski definition) is 1. The number of ketones is 1. The van der Waals surface area contributed by atoms with Crippen LogP contribution in [0.5, 0.6) is 5.75 Å². The molecule has 0 bridgehead atoms. The third-order valence-electron chi connectivity index (χ3n) is 3.45. The molecule has 0 aromatic heterocycles. The summed E-state index contributed by atoms with van der Waals surface area (Å²) in [5.74, 6) is -1.94. The smallest absolute Gasteiger partial charge is 0.327 e. The van der Waals surface area contributed by atoms with Crippen molar-refractivity contribution in [2.24, 2.45) is 5.73 Å². The number of thioether (sulfide) groups is 1. The molecule has 0 spiro atoms. The van der Waals surface area contributed by atoms with Crippen molar-refractivity contribution in [1.29, 1.82) is 0 Å². The Morgan fingerprint density at radius 2 is 1.70 bits per heavy atom. The Morgan fingerprint density at radius 1 is 1.13 bits per heavy atom. The SMILES string of the molecule is CSCC[C@H](N)C(=O)C([O])(Oc1ccccc1)c1ccccc1. The van der Waals surface area contributed by atoms with Gasteiger partial charge in [0.2, 0.25) is 5.78 Å². The molecule has 23 heavy (non-hydrogen) atoms. The first-order valence-electron chi connectivity index (χ1n) is 7.37. The van der Waals surface area contributed by atoms with Gasteiger partial charge in [0.1, 0.15) is 5.75 Å². The molecule has 4 nitrogen and oxygen atoms in total. The van der Waals surface area contributed by atoms with Crippen LogP contribution < -0.4 is 10.5 Å². The highest BCUT2D eigenvalue weighted by Crippen LogP contribution is 2.29. The van der Waals surface area contributed by atoms with E-state index < -0.39 is 17.6 Å². The van der Waals surface area contributed by atoms with Gasteiger partial charge in [0.25, 0.3) is 0 Å². The van der Waals surface area contributed by atoms with Crippen LogP contribution in [0.3, 0.4) is 0 Å². The first-order chi connectivity index (χ1) is 11.1. The topological polar surface area (TPSA) is 72.2 Å². The van der Waals surface area contributed by atoms with Crippen LogP contribution >= 0.6 is 11.8 Å². The van der Waals surface area contributed by atoms with Crippen molar-refractivity contribution < 1.29 is 14.6 Å². The van der Waals surface area contributed by atoms with E-state index in [0.29, 0.717) is 17.9 Å². The molecule has 0 aliphatic heterocycles. The summed E-state index contributed by atoms with van der Waals surface area (Å²) in [6, 6.07) is 16.1. The predicted octanol–water partition coefficient (Wildman–Crippen LogP) is 3.00. The van der Waals surface area contributed by atoms with Gasteiger partial charge in [-0.15, -0.1) is 0 Å². The van der Waals surface area contributed by atoms with E-state index in [9.17, 15) is 9.90 Å². The first-order valence-corrected chi connectivity index (χ1v) is 8.76. The van der Waals surface area contributed by atoms with E-state index in [0.717, 1.165) is 0 Å². The zero-order chi connectivity index (χ0) is 16.7. The molecule has 0 heterocycles. The molecule has 0 amide bonds. The summed E-state index contributed by atoms with van der Waals surface area (Å²) < 4.78 is 5.56. The second-order valence-electron chi connectivity index (χ2n) is 5.15. The van der Waals surface area contributed by atoms with Crippen molar-refractivity contribution in [2.75, 3.05) is 12.0 Å². The maximum atomic E-state index is 13.3. The van der Waals surface area contributed by atoms with E-state index >= 15 is 0 Å². The lowest BCUT2D eigenvalue weighted by molar-refractivity contribution is -0.200. The molecule has 2 aromatic carbocycles. The van der Waals surface area contributed by atoms with Crippen LogP contribution in [0.15, 0.2) is 60.7 Å². The Hall–Kier alpha value is -1.82. The number of rotatable bonds is 8. The molecule has 0 aliphatic carbocycles. The van der Waals surface area contributed by atoms with Crippen molar-refractivity contribution >= 4 is 17.5 Å². The van der Waals surface area contributed by atoms with Gasteiger partial charge in [0, 0.05) is 5.56 Å². The minimum atomic E-state index is -2.35. The van der Waals surface area contributed by atoms with Gasteiger partial charge in [-0.25, -0.2) is 0 Å². The van der Waals surface area contributed by atoms with Gasteiger partial charge >= 0.3 is 5.79 Å². The Balaban J connectivity index is 2.33. The summed E-state index contributed by atoms with van der Waals surface area (Å²) in [5.41, 5.74) is 6.20. The van der Waals surface area contributed by atoms with Crippen LogP contribution in [0.1, 0.15) is 12.0 Å². The minimum absolute atomic E-state index is 0.258. The maximum Gasteiger partial charge on any atom is 0.327 e. The summed E-state index contributed by atoms with van der Waals surface area (Å²) in [6.45, 7) is 0. The maximum absolute atomic E-state index is 13.3. The fourth-order valence-electron chi connectivity index (χ4n) is 2.18. The molecule has 1 radical (unpaired) electrons. The quantitative estimate of drug-likeness (QED) is 0.755. The van der Waals surface area contributed by atoms with Gasteiger partial charge in [-0.3, -0.25) is 4.79 Å². The number of carbonyl (C=O) groups is 1. The Kier molecular flexibility index (Phi) is 6.21. The van der Waals surface area contributed by atoms with E-state index in [1.807, 2.05) is 12.3 Å². The Morgan fingerprint density at radius 3 is 2.26 bits per heavy atom. The van der Waals surface area contributed by atoms with Crippen LogP contribution in [0.25, 0.3) is 0 Å². The lowest BCUT2D eigenvalue weighted by atomic mass is 9.95. The Labute approximate surface area is 140 Å². The normalized spacial score (nSPS) is 14.7. The molecular weight excluding hydrogens is 310 g/mol. The van der Waals surface area contributed by atoms with Gasteiger partial charge in [0.05, 0.1) is 6.04 Å². The summed E-state index contributed by atoms with van der Waals surface area (Å²) in [6.07, 6.45) is 2.37. The number of nitrogens with two attached hydrogens (primary N) is 1. The average molecular weight is 330 g/mol. The zero-order valence-corrected chi connectivity index (χ0v) is 13.8. The molecule has 121 valence electrons. The van der Waals surface area contributed by atoms with Crippen LogP contribution in [0.4, 0.5) is 0 Å². The van der Waals surface area contributed by atoms with Crippen LogP contribution in [0, 0.1) is 0 Å². The molecule has 5 heteroatoms. The third kappa shape index (κ3) is 4.34. The number of benzene rings is 2. The lowest BCUT2D eigenvalue weighted by Crippen LogP contribution is -2.49. The van der Waals surface area contributed by atoms with E-state index in [1.165, 1.54) is 0 Å². The molecule has 1 unspecified atom stereocenters. The highest BCUT2D eigenvalue weighted by molar-refractivity contribution is 7.98. The molecular formula is C18H20NO3S. The molecule has 0 saturated heterocycles. The highest BCUT2D eigenvalue weighted by atomic mass is 32.2. The van der Waals surface area contributed by atoms with Gasteiger partial charge in [-0.2, -0.15) is 16.9 Å². The number of ether oxygens (including phenoxy) is 1.